The van der Waals surface area contributed by atoms with Gasteiger partial charge in [0, 0.05) is 55.4 Å². The van der Waals surface area contributed by atoms with Crippen LogP contribution in [0.2, 0.25) is 10.3 Å². The average Bonchev–Trinajstić information content (AvgIpc) is 3.79. The molecule has 0 aromatic carbocycles. The van der Waals surface area contributed by atoms with Gasteiger partial charge in [-0.05, 0) is 74.6 Å². The SMILES string of the molecule is Cc1nn(CC2CC2)cc1C(O)c1cccnc1Cl.Cc1nn(CC2CC2)cc1Cc1cccnc1Cl. The normalized spacial score (nSPS) is 15.8. The van der Waals surface area contributed by atoms with Crippen LogP contribution in [0, 0.1) is 25.7 Å². The average molecular weight is 540 g/mol. The van der Waals surface area contributed by atoms with Crippen LogP contribution in [0.15, 0.2) is 49.1 Å². The number of hydrogen-bond donors (Lipinski definition) is 1. The third-order valence-electron chi connectivity index (χ3n) is 6.91. The van der Waals surface area contributed by atoms with Crippen LogP contribution in [0.4, 0.5) is 0 Å². The van der Waals surface area contributed by atoms with Crippen LogP contribution in [-0.2, 0) is 19.5 Å². The molecular weight excluding hydrogens is 507 g/mol. The molecule has 2 fully saturated rings. The van der Waals surface area contributed by atoms with Crippen molar-refractivity contribution in [2.45, 2.75) is 65.1 Å². The second kappa shape index (κ2) is 11.3. The van der Waals surface area contributed by atoms with E-state index >= 15 is 0 Å². The summed E-state index contributed by atoms with van der Waals surface area (Å²) in [5.41, 5.74) is 5.66. The van der Waals surface area contributed by atoms with Gasteiger partial charge in [-0.3, -0.25) is 9.36 Å². The molecular formula is C28H32Cl2N6O. The van der Waals surface area contributed by atoms with E-state index in [1.807, 2.05) is 29.9 Å². The maximum absolute atomic E-state index is 10.4. The van der Waals surface area contributed by atoms with Crippen molar-refractivity contribution in [1.29, 1.82) is 0 Å². The molecule has 1 atom stereocenters. The lowest BCUT2D eigenvalue weighted by Gasteiger charge is -2.10. The molecule has 2 saturated carbocycles. The number of rotatable bonds is 8. The van der Waals surface area contributed by atoms with Crippen molar-refractivity contribution in [1.82, 2.24) is 29.5 Å². The van der Waals surface area contributed by atoms with E-state index in [-0.39, 0.29) is 0 Å². The van der Waals surface area contributed by atoms with E-state index in [2.05, 4.69) is 38.0 Å². The van der Waals surface area contributed by atoms with Gasteiger partial charge in [0.15, 0.2) is 0 Å². The van der Waals surface area contributed by atoms with Gasteiger partial charge in [0.25, 0.3) is 0 Å². The number of halogens is 2. The zero-order valence-electron chi connectivity index (χ0n) is 21.2. The summed E-state index contributed by atoms with van der Waals surface area (Å²) < 4.78 is 4.00. The zero-order chi connectivity index (χ0) is 25.9. The number of pyridine rings is 2. The van der Waals surface area contributed by atoms with Crippen LogP contribution in [-0.4, -0.2) is 34.6 Å². The van der Waals surface area contributed by atoms with Crippen LogP contribution in [0.5, 0.6) is 0 Å². The summed E-state index contributed by atoms with van der Waals surface area (Å²) in [6, 6.07) is 7.50. The Morgan fingerprint density at radius 3 is 2.03 bits per heavy atom. The molecule has 1 unspecified atom stereocenters. The van der Waals surface area contributed by atoms with Crippen LogP contribution >= 0.6 is 23.2 Å². The van der Waals surface area contributed by atoms with E-state index in [1.165, 1.54) is 31.2 Å². The van der Waals surface area contributed by atoms with E-state index in [9.17, 15) is 5.11 Å². The molecule has 0 aliphatic heterocycles. The standard InChI is InChI=1S/C14H16ClN3O.C14H16ClN3/c1-9-12(8-18(17-9)7-10-4-5-10)13(19)11-3-2-6-16-14(11)15;1-10-13(7-12-3-2-6-16-14(12)15)9-18(17-10)8-11-4-5-11/h2-3,6,8,10,13,19H,4-5,7H2,1H3;2-3,6,9,11H,4-5,7-8H2,1H3. The van der Waals surface area contributed by atoms with E-state index in [0.29, 0.717) is 15.9 Å². The zero-order valence-corrected chi connectivity index (χ0v) is 22.7. The molecule has 0 spiro atoms. The molecule has 2 aliphatic rings. The minimum absolute atomic E-state index is 0.337. The number of aliphatic hydroxyl groups excluding tert-OH is 1. The third kappa shape index (κ3) is 6.78. The van der Waals surface area contributed by atoms with Gasteiger partial charge in [-0.15, -0.1) is 0 Å². The monoisotopic (exact) mass is 538 g/mol. The van der Waals surface area contributed by atoms with Crippen molar-refractivity contribution in [2.75, 3.05) is 0 Å². The Kier molecular flexibility index (Phi) is 7.93. The molecule has 4 heterocycles. The van der Waals surface area contributed by atoms with Gasteiger partial charge in [0.1, 0.15) is 16.4 Å². The Hall–Kier alpha value is -2.74. The predicted molar refractivity (Wildman–Crippen MR) is 145 cm³/mol. The van der Waals surface area contributed by atoms with Crippen molar-refractivity contribution in [2.24, 2.45) is 11.8 Å². The highest BCUT2D eigenvalue weighted by Gasteiger charge is 2.25. The molecule has 37 heavy (non-hydrogen) atoms. The maximum Gasteiger partial charge on any atom is 0.135 e. The first-order valence-electron chi connectivity index (χ1n) is 12.8. The number of aromatic nitrogens is 6. The minimum Gasteiger partial charge on any atom is -0.383 e. The fourth-order valence-corrected chi connectivity index (χ4v) is 4.79. The fourth-order valence-electron chi connectivity index (χ4n) is 4.38. The lowest BCUT2D eigenvalue weighted by molar-refractivity contribution is 0.219. The summed E-state index contributed by atoms with van der Waals surface area (Å²) in [6.45, 7) is 5.96. The lowest BCUT2D eigenvalue weighted by atomic mass is 10.0. The van der Waals surface area contributed by atoms with Crippen molar-refractivity contribution in [3.63, 3.8) is 0 Å². The van der Waals surface area contributed by atoms with Gasteiger partial charge in [-0.2, -0.15) is 10.2 Å². The summed E-state index contributed by atoms with van der Waals surface area (Å²) in [5.74, 6) is 1.60. The first-order chi connectivity index (χ1) is 17.9. The van der Waals surface area contributed by atoms with Crippen molar-refractivity contribution in [3.8, 4) is 0 Å². The van der Waals surface area contributed by atoms with Crippen molar-refractivity contribution < 1.29 is 5.11 Å². The quantitative estimate of drug-likeness (QED) is 0.279. The lowest BCUT2D eigenvalue weighted by Crippen LogP contribution is -2.02. The van der Waals surface area contributed by atoms with Crippen molar-refractivity contribution in [3.05, 3.63) is 93.0 Å². The molecule has 0 bridgehead atoms. The first kappa shape index (κ1) is 25.9. The van der Waals surface area contributed by atoms with Gasteiger partial charge < -0.3 is 5.11 Å². The number of hydrogen-bond acceptors (Lipinski definition) is 5. The molecule has 6 rings (SSSR count). The Morgan fingerprint density at radius 2 is 1.41 bits per heavy atom. The molecule has 7 nitrogen and oxygen atoms in total. The first-order valence-corrected chi connectivity index (χ1v) is 13.6. The van der Waals surface area contributed by atoms with Crippen LogP contribution in [0.1, 0.15) is 65.4 Å². The molecule has 194 valence electrons. The molecule has 2 aliphatic carbocycles. The number of aryl methyl sites for hydroxylation is 2. The Bertz CT molecular complexity index is 1360. The highest BCUT2D eigenvalue weighted by atomic mass is 35.5. The molecule has 9 heteroatoms. The van der Waals surface area contributed by atoms with Gasteiger partial charge in [-0.25, -0.2) is 9.97 Å². The van der Waals surface area contributed by atoms with E-state index in [4.69, 9.17) is 23.2 Å². The largest absolute Gasteiger partial charge is 0.383 e. The molecule has 4 aromatic rings. The molecule has 1 N–H and O–H groups in total. The van der Waals surface area contributed by atoms with Gasteiger partial charge >= 0.3 is 0 Å². The Morgan fingerprint density at radius 1 is 0.811 bits per heavy atom. The smallest absolute Gasteiger partial charge is 0.135 e. The van der Waals surface area contributed by atoms with E-state index < -0.39 is 6.10 Å². The fraction of sp³-hybridized carbons (Fsp3) is 0.429. The molecule has 0 radical (unpaired) electrons. The number of aliphatic hydroxyl groups is 1. The minimum atomic E-state index is -0.769. The van der Waals surface area contributed by atoms with Gasteiger partial charge in [0.2, 0.25) is 0 Å². The third-order valence-corrected chi connectivity index (χ3v) is 7.57. The van der Waals surface area contributed by atoms with Gasteiger partial charge in [0.05, 0.1) is 11.4 Å². The van der Waals surface area contributed by atoms with Crippen LogP contribution in [0.3, 0.4) is 0 Å². The summed E-state index contributed by atoms with van der Waals surface area (Å²) in [6.07, 6.45) is 12.7. The molecule has 0 saturated heterocycles. The molecule has 4 aromatic heterocycles. The van der Waals surface area contributed by atoms with Crippen LogP contribution in [0.25, 0.3) is 0 Å². The van der Waals surface area contributed by atoms with E-state index in [0.717, 1.165) is 53.9 Å². The second-order valence-electron chi connectivity index (χ2n) is 10.2. The summed E-state index contributed by atoms with van der Waals surface area (Å²) >= 11 is 12.1. The predicted octanol–water partition coefficient (Wildman–Crippen LogP) is 5.97. The van der Waals surface area contributed by atoms with E-state index in [1.54, 1.807) is 24.5 Å². The maximum atomic E-state index is 10.4. The Labute approximate surface area is 227 Å². The summed E-state index contributed by atoms with van der Waals surface area (Å²) in [5, 5.41) is 20.4. The molecule has 0 amide bonds. The number of nitrogens with zero attached hydrogens (tertiary/aromatic N) is 6. The highest BCUT2D eigenvalue weighted by molar-refractivity contribution is 6.30. The Balaban J connectivity index is 0.000000152. The van der Waals surface area contributed by atoms with Gasteiger partial charge in [-0.1, -0.05) is 35.3 Å². The topological polar surface area (TPSA) is 81.6 Å². The second-order valence-corrected chi connectivity index (χ2v) is 10.9. The van der Waals surface area contributed by atoms with Crippen molar-refractivity contribution >= 4 is 23.2 Å². The summed E-state index contributed by atoms with van der Waals surface area (Å²) in [4.78, 5) is 8.11. The summed E-state index contributed by atoms with van der Waals surface area (Å²) in [7, 11) is 0. The highest BCUT2D eigenvalue weighted by Crippen LogP contribution is 2.33. The van der Waals surface area contributed by atoms with Crippen LogP contribution < -0.4 is 0 Å².